The number of ether oxygens (including phenoxy) is 3. The van der Waals surface area contributed by atoms with Crippen LogP contribution in [0.1, 0.15) is 45.4 Å². The number of carbonyl (C=O) groups excluding carboxylic acids is 1. The summed E-state index contributed by atoms with van der Waals surface area (Å²) in [4.78, 5) is 12.3. The molecule has 4 heteroatoms. The molecule has 4 atom stereocenters. The fraction of sp³-hybridized carbons (Fsp3) is 0.824. The molecule has 21 heavy (non-hydrogen) atoms. The summed E-state index contributed by atoms with van der Waals surface area (Å²) in [5.41, 5.74) is 1.07. The van der Waals surface area contributed by atoms with Crippen molar-refractivity contribution in [2.45, 2.75) is 62.9 Å². The number of Topliss-reactive ketones (excluding diaryl/α,β-unsaturated/α-hetero) is 1. The first-order valence-corrected chi connectivity index (χ1v) is 8.25. The molecule has 4 fully saturated rings. The van der Waals surface area contributed by atoms with Gasteiger partial charge in [0.05, 0.1) is 25.2 Å². The van der Waals surface area contributed by atoms with Crippen LogP contribution in [0.3, 0.4) is 0 Å². The first kappa shape index (κ1) is 12.8. The number of hydrogen-bond acceptors (Lipinski definition) is 4. The Hall–Kier alpha value is -0.710. The van der Waals surface area contributed by atoms with Crippen LogP contribution in [-0.4, -0.2) is 36.5 Å². The van der Waals surface area contributed by atoms with Gasteiger partial charge in [0.1, 0.15) is 11.4 Å². The standard InChI is InChI=1S/C17H22O4/c1-15-3-2-11-8-13-9-12(18)10-16(11,21-13)14(15)17(5-4-15)19-6-7-20-17/h8,13-14H,2-7,9-10H2,1H3/t13-,14?,15-,16-/m0/s1. The fourth-order valence-corrected chi connectivity index (χ4v) is 5.91. The first-order valence-electron chi connectivity index (χ1n) is 8.25. The van der Waals surface area contributed by atoms with Gasteiger partial charge in [0.2, 0.25) is 0 Å². The van der Waals surface area contributed by atoms with Crippen molar-refractivity contribution < 1.29 is 19.0 Å². The highest BCUT2D eigenvalue weighted by molar-refractivity contribution is 5.83. The molecule has 2 saturated heterocycles. The number of hydrogen-bond donors (Lipinski definition) is 0. The van der Waals surface area contributed by atoms with E-state index in [1.165, 1.54) is 5.57 Å². The zero-order valence-corrected chi connectivity index (χ0v) is 12.5. The Balaban J connectivity index is 1.67. The molecule has 114 valence electrons. The van der Waals surface area contributed by atoms with Crippen LogP contribution in [0.5, 0.6) is 0 Å². The summed E-state index contributed by atoms with van der Waals surface area (Å²) in [5.74, 6) is -0.0168. The molecule has 3 aliphatic heterocycles. The molecule has 0 aromatic rings. The van der Waals surface area contributed by atoms with Crippen molar-refractivity contribution in [3.8, 4) is 0 Å². The van der Waals surface area contributed by atoms with Crippen molar-refractivity contribution >= 4 is 5.78 Å². The molecule has 4 nitrogen and oxygen atoms in total. The Morgan fingerprint density at radius 1 is 1.19 bits per heavy atom. The summed E-state index contributed by atoms with van der Waals surface area (Å²) in [7, 11) is 0. The molecule has 3 heterocycles. The zero-order chi connectivity index (χ0) is 14.3. The van der Waals surface area contributed by atoms with E-state index in [0.29, 0.717) is 31.8 Å². The summed E-state index contributed by atoms with van der Waals surface area (Å²) in [5, 5.41) is 0. The summed E-state index contributed by atoms with van der Waals surface area (Å²) in [6.07, 6.45) is 7.54. The molecule has 5 rings (SSSR count). The minimum atomic E-state index is -0.513. The molecule has 2 saturated carbocycles. The van der Waals surface area contributed by atoms with Crippen molar-refractivity contribution in [2.75, 3.05) is 13.2 Å². The molecule has 2 bridgehead atoms. The summed E-state index contributed by atoms with van der Waals surface area (Å²) >= 11 is 0. The van der Waals surface area contributed by atoms with Gasteiger partial charge in [0.15, 0.2) is 5.79 Å². The van der Waals surface area contributed by atoms with E-state index >= 15 is 0 Å². The smallest absolute Gasteiger partial charge is 0.174 e. The van der Waals surface area contributed by atoms with Crippen LogP contribution >= 0.6 is 0 Å². The van der Waals surface area contributed by atoms with Crippen molar-refractivity contribution in [1.29, 1.82) is 0 Å². The SMILES string of the molecule is C[C@@]12CCC3=C[C@H]4CC(=O)C[C@@]3(O4)C1C1(CC2)OCCO1. The predicted molar refractivity (Wildman–Crippen MR) is 74.6 cm³/mol. The van der Waals surface area contributed by atoms with E-state index in [1.54, 1.807) is 0 Å². The second-order valence-electron chi connectivity index (χ2n) is 7.75. The van der Waals surface area contributed by atoms with Gasteiger partial charge in [-0.1, -0.05) is 13.0 Å². The highest BCUT2D eigenvalue weighted by atomic mass is 16.7. The van der Waals surface area contributed by atoms with Crippen LogP contribution in [0.15, 0.2) is 11.6 Å². The van der Waals surface area contributed by atoms with Gasteiger partial charge in [-0.2, -0.15) is 0 Å². The van der Waals surface area contributed by atoms with E-state index in [2.05, 4.69) is 13.0 Å². The number of ketones is 1. The van der Waals surface area contributed by atoms with Crippen LogP contribution in [0.2, 0.25) is 0 Å². The average molecular weight is 290 g/mol. The monoisotopic (exact) mass is 290 g/mol. The van der Waals surface area contributed by atoms with Gasteiger partial charge in [-0.3, -0.25) is 4.79 Å². The quantitative estimate of drug-likeness (QED) is 0.643. The molecule has 2 aliphatic carbocycles. The maximum absolute atomic E-state index is 12.3. The fourth-order valence-electron chi connectivity index (χ4n) is 5.91. The van der Waals surface area contributed by atoms with Gasteiger partial charge in [-0.05, 0) is 30.3 Å². The second kappa shape index (κ2) is 3.79. The van der Waals surface area contributed by atoms with E-state index in [1.807, 2.05) is 0 Å². The molecule has 5 aliphatic rings. The van der Waals surface area contributed by atoms with Gasteiger partial charge in [-0.15, -0.1) is 0 Å². The van der Waals surface area contributed by atoms with Crippen molar-refractivity contribution in [1.82, 2.24) is 0 Å². The lowest BCUT2D eigenvalue weighted by Gasteiger charge is -2.54. The maximum Gasteiger partial charge on any atom is 0.174 e. The predicted octanol–water partition coefficient (Wildman–Crippen LogP) is 2.37. The average Bonchev–Trinajstić information content (AvgIpc) is 3.07. The van der Waals surface area contributed by atoms with E-state index in [9.17, 15) is 4.79 Å². The van der Waals surface area contributed by atoms with E-state index in [-0.39, 0.29) is 17.4 Å². The van der Waals surface area contributed by atoms with Gasteiger partial charge in [0, 0.05) is 19.3 Å². The Labute approximate surface area is 124 Å². The van der Waals surface area contributed by atoms with Crippen molar-refractivity contribution in [2.24, 2.45) is 11.3 Å². The third kappa shape index (κ3) is 1.44. The Kier molecular flexibility index (Phi) is 2.31. The van der Waals surface area contributed by atoms with Crippen molar-refractivity contribution in [3.05, 3.63) is 11.6 Å². The van der Waals surface area contributed by atoms with E-state index in [4.69, 9.17) is 14.2 Å². The second-order valence-corrected chi connectivity index (χ2v) is 7.75. The molecular weight excluding hydrogens is 268 g/mol. The van der Waals surface area contributed by atoms with Crippen LogP contribution in [-0.2, 0) is 19.0 Å². The normalized spacial score (nSPS) is 50.1. The van der Waals surface area contributed by atoms with Gasteiger partial charge in [0.25, 0.3) is 0 Å². The molecule has 1 unspecified atom stereocenters. The van der Waals surface area contributed by atoms with Crippen LogP contribution in [0, 0.1) is 11.3 Å². The lowest BCUT2D eigenvalue weighted by molar-refractivity contribution is -0.254. The Bertz CT molecular complexity index is 547. The van der Waals surface area contributed by atoms with E-state index < -0.39 is 11.4 Å². The highest BCUT2D eigenvalue weighted by Crippen LogP contribution is 2.67. The van der Waals surface area contributed by atoms with Crippen LogP contribution in [0.25, 0.3) is 0 Å². The van der Waals surface area contributed by atoms with E-state index in [0.717, 1.165) is 25.7 Å². The van der Waals surface area contributed by atoms with Gasteiger partial charge in [-0.25, -0.2) is 0 Å². The lowest BCUT2D eigenvalue weighted by Crippen LogP contribution is -2.60. The van der Waals surface area contributed by atoms with Crippen LogP contribution in [0.4, 0.5) is 0 Å². The lowest BCUT2D eigenvalue weighted by atomic mass is 9.58. The van der Waals surface area contributed by atoms with Crippen LogP contribution < -0.4 is 0 Å². The first-order chi connectivity index (χ1) is 10.1. The Morgan fingerprint density at radius 2 is 2.00 bits per heavy atom. The van der Waals surface area contributed by atoms with Gasteiger partial charge >= 0.3 is 0 Å². The topological polar surface area (TPSA) is 44.8 Å². The molecular formula is C17H22O4. The molecule has 0 N–H and O–H groups in total. The molecule has 0 radical (unpaired) electrons. The van der Waals surface area contributed by atoms with Gasteiger partial charge < -0.3 is 14.2 Å². The minimum Gasteiger partial charge on any atom is -0.362 e. The molecule has 0 aromatic heterocycles. The molecule has 2 spiro atoms. The highest BCUT2D eigenvalue weighted by Gasteiger charge is 2.71. The summed E-state index contributed by atoms with van der Waals surface area (Å²) in [6, 6.07) is 0. The third-order valence-corrected chi connectivity index (χ3v) is 6.57. The zero-order valence-electron chi connectivity index (χ0n) is 12.5. The molecule has 0 aromatic carbocycles. The summed E-state index contributed by atoms with van der Waals surface area (Å²) in [6.45, 7) is 3.68. The number of carbonyl (C=O) groups is 1. The maximum atomic E-state index is 12.3. The Morgan fingerprint density at radius 3 is 2.81 bits per heavy atom. The minimum absolute atomic E-state index is 0.0114. The molecule has 0 amide bonds. The number of fused-ring (bicyclic) bond motifs is 3. The van der Waals surface area contributed by atoms with Crippen molar-refractivity contribution in [3.63, 3.8) is 0 Å². The summed E-state index contributed by atoms with van der Waals surface area (Å²) < 4.78 is 18.7. The number of rotatable bonds is 0. The third-order valence-electron chi connectivity index (χ3n) is 6.57. The largest absolute Gasteiger partial charge is 0.362 e.